The smallest absolute Gasteiger partial charge is 0.252 e. The van der Waals surface area contributed by atoms with E-state index in [0.717, 1.165) is 0 Å². The summed E-state index contributed by atoms with van der Waals surface area (Å²) < 4.78 is 0. The van der Waals surface area contributed by atoms with E-state index in [0.29, 0.717) is 5.56 Å². The van der Waals surface area contributed by atoms with Crippen molar-refractivity contribution < 1.29 is 4.79 Å². The van der Waals surface area contributed by atoms with Crippen LogP contribution in [0.3, 0.4) is 0 Å². The number of pyridine rings is 1. The third-order valence-corrected chi connectivity index (χ3v) is 1.39. The Morgan fingerprint density at radius 3 is 3.08 bits per heavy atom. The zero-order valence-corrected chi connectivity index (χ0v) is 6.83. The largest absolute Gasteiger partial charge is 0.341 e. The van der Waals surface area contributed by atoms with Gasteiger partial charge in [-0.25, -0.2) is 0 Å². The van der Waals surface area contributed by atoms with E-state index in [4.69, 9.17) is 6.42 Å². The van der Waals surface area contributed by atoms with Crippen molar-refractivity contribution in [3.8, 4) is 12.3 Å². The van der Waals surface area contributed by atoms with Crippen molar-refractivity contribution in [3.05, 3.63) is 34.2 Å². The Kier molecular flexibility index (Phi) is 2.87. The summed E-state index contributed by atoms with van der Waals surface area (Å²) in [6.45, 7) is 0.158. The first kappa shape index (κ1) is 9.07. The monoisotopic (exact) mass is 176 g/mol. The predicted octanol–water partition coefficient (Wildman–Crippen LogP) is -0.262. The molecule has 1 rings (SSSR count). The highest BCUT2D eigenvalue weighted by Crippen LogP contribution is 1.91. The molecule has 0 aromatic carbocycles. The molecule has 13 heavy (non-hydrogen) atoms. The molecule has 0 radical (unpaired) electrons. The summed E-state index contributed by atoms with van der Waals surface area (Å²) in [6.07, 6.45) is 6.36. The summed E-state index contributed by atoms with van der Waals surface area (Å²) in [5.41, 5.74) is -0.00708. The number of aromatic nitrogens is 1. The van der Waals surface area contributed by atoms with Gasteiger partial charge in [-0.3, -0.25) is 9.59 Å². The van der Waals surface area contributed by atoms with Crippen LogP contribution in [0.2, 0.25) is 0 Å². The average molecular weight is 176 g/mol. The van der Waals surface area contributed by atoms with Crippen LogP contribution in [0.4, 0.5) is 0 Å². The van der Waals surface area contributed by atoms with Crippen molar-refractivity contribution in [1.82, 2.24) is 10.3 Å². The molecule has 1 aromatic heterocycles. The third-order valence-electron chi connectivity index (χ3n) is 1.39. The molecule has 0 fully saturated rings. The normalized spacial score (nSPS) is 8.85. The van der Waals surface area contributed by atoms with E-state index in [1.807, 2.05) is 0 Å². The fraction of sp³-hybridized carbons (Fsp3) is 0.111. The minimum Gasteiger partial charge on any atom is -0.341 e. The highest BCUT2D eigenvalue weighted by Gasteiger charge is 2.02. The van der Waals surface area contributed by atoms with Gasteiger partial charge in [0.25, 0.3) is 5.91 Å². The van der Waals surface area contributed by atoms with Crippen molar-refractivity contribution in [2.24, 2.45) is 0 Å². The van der Waals surface area contributed by atoms with Gasteiger partial charge in [-0.2, -0.15) is 0 Å². The molecular formula is C9H8N2O2. The topological polar surface area (TPSA) is 62.0 Å². The summed E-state index contributed by atoms with van der Waals surface area (Å²) in [5, 5.41) is 2.45. The average Bonchev–Trinajstić information content (AvgIpc) is 2.14. The fourth-order valence-electron chi connectivity index (χ4n) is 0.819. The maximum absolute atomic E-state index is 11.2. The molecule has 4 nitrogen and oxygen atoms in total. The van der Waals surface area contributed by atoms with Crippen LogP contribution in [0.1, 0.15) is 10.4 Å². The summed E-state index contributed by atoms with van der Waals surface area (Å²) in [6, 6.07) is 2.72. The molecule has 1 amide bonds. The Hall–Kier alpha value is -2.02. The molecule has 0 spiro atoms. The van der Waals surface area contributed by atoms with Gasteiger partial charge in [0.1, 0.15) is 0 Å². The number of rotatable bonds is 2. The molecule has 66 valence electrons. The Morgan fingerprint density at radius 2 is 2.46 bits per heavy atom. The van der Waals surface area contributed by atoms with Crippen molar-refractivity contribution in [1.29, 1.82) is 0 Å². The van der Waals surface area contributed by atoms with E-state index in [1.54, 1.807) is 0 Å². The number of nitrogens with one attached hydrogen (secondary N) is 2. The Bertz CT molecular complexity index is 401. The van der Waals surface area contributed by atoms with Crippen LogP contribution in [0, 0.1) is 12.3 Å². The third kappa shape index (κ3) is 2.49. The SMILES string of the molecule is C#CCNC(=O)c1cc[nH]c(=O)c1. The molecule has 0 aliphatic carbocycles. The van der Waals surface area contributed by atoms with Crippen molar-refractivity contribution in [2.75, 3.05) is 6.54 Å². The van der Waals surface area contributed by atoms with Gasteiger partial charge in [0.2, 0.25) is 5.56 Å². The van der Waals surface area contributed by atoms with Crippen LogP contribution >= 0.6 is 0 Å². The number of carbonyl (C=O) groups is 1. The molecule has 0 bridgehead atoms. The van der Waals surface area contributed by atoms with E-state index in [9.17, 15) is 9.59 Å². The second-order valence-electron chi connectivity index (χ2n) is 2.33. The van der Waals surface area contributed by atoms with E-state index in [2.05, 4.69) is 16.2 Å². The van der Waals surface area contributed by atoms with Crippen molar-refractivity contribution >= 4 is 5.91 Å². The van der Waals surface area contributed by atoms with E-state index in [-0.39, 0.29) is 18.0 Å². The highest BCUT2D eigenvalue weighted by atomic mass is 16.2. The summed E-state index contributed by atoms with van der Waals surface area (Å²) in [4.78, 5) is 24.4. The standard InChI is InChI=1S/C9H8N2O2/c1-2-4-11-9(13)7-3-5-10-8(12)6-7/h1,3,5-6H,4H2,(H,10,12)(H,11,13). The zero-order valence-electron chi connectivity index (χ0n) is 6.83. The molecule has 2 N–H and O–H groups in total. The molecule has 0 aliphatic heterocycles. The second kappa shape index (κ2) is 4.12. The number of H-pyrrole nitrogens is 1. The van der Waals surface area contributed by atoms with Crippen LogP contribution in [0.5, 0.6) is 0 Å². The minimum absolute atomic E-state index is 0.158. The number of amides is 1. The van der Waals surface area contributed by atoms with Crippen molar-refractivity contribution in [3.63, 3.8) is 0 Å². The van der Waals surface area contributed by atoms with Gasteiger partial charge in [-0.15, -0.1) is 6.42 Å². The van der Waals surface area contributed by atoms with E-state index in [1.165, 1.54) is 18.3 Å². The number of hydrogen-bond acceptors (Lipinski definition) is 2. The van der Waals surface area contributed by atoms with Gasteiger partial charge in [-0.1, -0.05) is 5.92 Å². The number of hydrogen-bond donors (Lipinski definition) is 2. The first-order valence-electron chi connectivity index (χ1n) is 3.64. The maximum atomic E-state index is 11.2. The molecule has 1 heterocycles. The molecular weight excluding hydrogens is 168 g/mol. The van der Waals surface area contributed by atoms with Gasteiger partial charge in [0.05, 0.1) is 6.54 Å². The first-order chi connectivity index (χ1) is 6.24. The van der Waals surface area contributed by atoms with Crippen LogP contribution in [0.15, 0.2) is 23.1 Å². The van der Waals surface area contributed by atoms with Crippen LogP contribution in [-0.4, -0.2) is 17.4 Å². The summed E-state index contributed by atoms with van der Waals surface area (Å²) in [5.74, 6) is 1.92. The number of carbonyl (C=O) groups excluding carboxylic acids is 1. The molecule has 0 atom stereocenters. The predicted molar refractivity (Wildman–Crippen MR) is 48.2 cm³/mol. The molecule has 1 aromatic rings. The van der Waals surface area contributed by atoms with E-state index < -0.39 is 0 Å². The number of aromatic amines is 1. The Morgan fingerprint density at radius 1 is 1.69 bits per heavy atom. The lowest BCUT2D eigenvalue weighted by atomic mass is 10.2. The Labute approximate surface area is 75.0 Å². The highest BCUT2D eigenvalue weighted by molar-refractivity contribution is 5.94. The zero-order chi connectivity index (χ0) is 9.68. The first-order valence-corrected chi connectivity index (χ1v) is 3.64. The Balaban J connectivity index is 2.78. The second-order valence-corrected chi connectivity index (χ2v) is 2.33. The lowest BCUT2D eigenvalue weighted by Gasteiger charge is -1.99. The van der Waals surface area contributed by atoms with Gasteiger partial charge in [-0.05, 0) is 6.07 Å². The van der Waals surface area contributed by atoms with Gasteiger partial charge < -0.3 is 10.3 Å². The van der Waals surface area contributed by atoms with Crippen LogP contribution in [-0.2, 0) is 0 Å². The van der Waals surface area contributed by atoms with E-state index >= 15 is 0 Å². The summed E-state index contributed by atoms with van der Waals surface area (Å²) in [7, 11) is 0. The van der Waals surface area contributed by atoms with Crippen molar-refractivity contribution in [2.45, 2.75) is 0 Å². The van der Waals surface area contributed by atoms with Crippen LogP contribution < -0.4 is 10.9 Å². The summed E-state index contributed by atoms with van der Waals surface area (Å²) >= 11 is 0. The maximum Gasteiger partial charge on any atom is 0.252 e. The molecule has 0 saturated heterocycles. The van der Waals surface area contributed by atoms with Gasteiger partial charge >= 0.3 is 0 Å². The molecule has 0 saturated carbocycles. The molecule has 4 heteroatoms. The van der Waals surface area contributed by atoms with Gasteiger partial charge in [0, 0.05) is 17.8 Å². The quantitative estimate of drug-likeness (QED) is 0.610. The molecule has 0 aliphatic rings. The van der Waals surface area contributed by atoms with Gasteiger partial charge in [0.15, 0.2) is 0 Å². The lowest BCUT2D eigenvalue weighted by Crippen LogP contribution is -2.24. The fourth-order valence-corrected chi connectivity index (χ4v) is 0.819. The molecule has 0 unspecified atom stereocenters. The lowest BCUT2D eigenvalue weighted by molar-refractivity contribution is 0.0958. The number of terminal acetylenes is 1. The van der Waals surface area contributed by atoms with Crippen LogP contribution in [0.25, 0.3) is 0 Å². The minimum atomic E-state index is -0.343.